The molecule has 0 aromatic rings. The first-order valence-corrected chi connectivity index (χ1v) is 5.75. The second-order valence-corrected chi connectivity index (χ2v) is 4.30. The van der Waals surface area contributed by atoms with E-state index in [0.717, 1.165) is 19.4 Å². The Labute approximate surface area is 95.6 Å². The van der Waals surface area contributed by atoms with Gasteiger partial charge in [-0.15, -0.1) is 6.42 Å². The molecule has 0 saturated carbocycles. The predicted molar refractivity (Wildman–Crippen MR) is 59.4 cm³/mol. The molecule has 0 radical (unpaired) electrons. The first kappa shape index (κ1) is 11.0. The normalized spacial score (nSPS) is 26.6. The van der Waals surface area contributed by atoms with Crippen LogP contribution in [0, 0.1) is 12.3 Å². The highest BCUT2D eigenvalue weighted by molar-refractivity contribution is 5.95. The number of hydrogen-bond acceptors (Lipinski definition) is 2. The summed E-state index contributed by atoms with van der Waals surface area (Å²) in [6.45, 7) is 2.80. The summed E-state index contributed by atoms with van der Waals surface area (Å²) in [7, 11) is 0. The van der Waals surface area contributed by atoms with Gasteiger partial charge in [0.1, 0.15) is 12.6 Å². The predicted octanol–water partition coefficient (Wildman–Crippen LogP) is 0.231. The molecular formula is C12H16N2O2. The van der Waals surface area contributed by atoms with Gasteiger partial charge in [0.25, 0.3) is 0 Å². The van der Waals surface area contributed by atoms with Crippen LogP contribution in [0.5, 0.6) is 0 Å². The van der Waals surface area contributed by atoms with Crippen LogP contribution in [-0.4, -0.2) is 46.8 Å². The molecule has 0 N–H and O–H groups in total. The van der Waals surface area contributed by atoms with Crippen molar-refractivity contribution >= 4 is 11.8 Å². The smallest absolute Gasteiger partial charge is 0.246 e. The fraction of sp³-hybridized carbons (Fsp3) is 0.667. The van der Waals surface area contributed by atoms with Crippen LogP contribution in [0.25, 0.3) is 0 Å². The van der Waals surface area contributed by atoms with Crippen molar-refractivity contribution in [3.63, 3.8) is 0 Å². The van der Waals surface area contributed by atoms with Crippen LogP contribution >= 0.6 is 0 Å². The molecule has 4 heteroatoms. The van der Waals surface area contributed by atoms with Crippen LogP contribution < -0.4 is 0 Å². The third-order valence-corrected chi connectivity index (χ3v) is 3.40. The Morgan fingerprint density at radius 1 is 1.56 bits per heavy atom. The van der Waals surface area contributed by atoms with Gasteiger partial charge in [-0.3, -0.25) is 9.59 Å². The summed E-state index contributed by atoms with van der Waals surface area (Å²) in [6.07, 6.45) is 7.79. The third-order valence-electron chi connectivity index (χ3n) is 3.40. The molecule has 2 heterocycles. The summed E-state index contributed by atoms with van der Waals surface area (Å²) in [5.74, 6) is 2.65. The maximum absolute atomic E-state index is 12.1. The van der Waals surface area contributed by atoms with Gasteiger partial charge in [0.2, 0.25) is 11.8 Å². The number of fused-ring (bicyclic) bond motifs is 1. The molecule has 0 spiro atoms. The average molecular weight is 220 g/mol. The Morgan fingerprint density at radius 2 is 2.31 bits per heavy atom. The minimum absolute atomic E-state index is 0.0295. The molecule has 2 aliphatic rings. The van der Waals surface area contributed by atoms with Gasteiger partial charge >= 0.3 is 0 Å². The van der Waals surface area contributed by atoms with Crippen molar-refractivity contribution in [2.24, 2.45) is 0 Å². The molecule has 86 valence electrons. The van der Waals surface area contributed by atoms with E-state index in [-0.39, 0.29) is 30.4 Å². The number of terminal acetylenes is 1. The van der Waals surface area contributed by atoms with Crippen molar-refractivity contribution in [2.45, 2.75) is 38.3 Å². The van der Waals surface area contributed by atoms with E-state index in [1.165, 1.54) is 0 Å². The third kappa shape index (κ3) is 1.57. The van der Waals surface area contributed by atoms with E-state index in [9.17, 15) is 9.59 Å². The Kier molecular flexibility index (Phi) is 2.86. The van der Waals surface area contributed by atoms with Gasteiger partial charge in [-0.1, -0.05) is 12.8 Å². The van der Waals surface area contributed by atoms with Crippen LogP contribution in [0.4, 0.5) is 0 Å². The second kappa shape index (κ2) is 4.17. The standard InChI is InChI=1S/C12H16N2O2/c1-3-9(4-2)14-8-11(15)13-7-5-6-10(13)12(14)16/h1,9-10H,4-8H2,2H3. The monoisotopic (exact) mass is 220 g/mol. The van der Waals surface area contributed by atoms with E-state index in [1.54, 1.807) is 9.80 Å². The number of amides is 2. The summed E-state index contributed by atoms with van der Waals surface area (Å²) in [6, 6.07) is -0.483. The molecule has 0 bridgehead atoms. The number of hydrogen-bond donors (Lipinski definition) is 0. The highest BCUT2D eigenvalue weighted by Gasteiger charge is 2.43. The number of carbonyl (C=O) groups excluding carboxylic acids is 2. The Balaban J connectivity index is 2.20. The Morgan fingerprint density at radius 3 is 2.94 bits per heavy atom. The van der Waals surface area contributed by atoms with Crippen LogP contribution in [0.15, 0.2) is 0 Å². The lowest BCUT2D eigenvalue weighted by Crippen LogP contribution is -2.59. The van der Waals surface area contributed by atoms with Crippen molar-refractivity contribution in [2.75, 3.05) is 13.1 Å². The quantitative estimate of drug-likeness (QED) is 0.625. The lowest BCUT2D eigenvalue weighted by molar-refractivity contribution is -0.154. The highest BCUT2D eigenvalue weighted by atomic mass is 16.2. The van der Waals surface area contributed by atoms with Gasteiger partial charge in [-0.2, -0.15) is 0 Å². The van der Waals surface area contributed by atoms with Crippen LogP contribution in [0.3, 0.4) is 0 Å². The minimum Gasteiger partial charge on any atom is -0.329 e. The maximum Gasteiger partial charge on any atom is 0.246 e. The molecule has 16 heavy (non-hydrogen) atoms. The van der Waals surface area contributed by atoms with Crippen molar-refractivity contribution in [3.8, 4) is 12.3 Å². The topological polar surface area (TPSA) is 40.6 Å². The van der Waals surface area contributed by atoms with Crippen LogP contribution in [-0.2, 0) is 9.59 Å². The molecule has 2 fully saturated rings. The first-order valence-electron chi connectivity index (χ1n) is 5.75. The molecule has 2 saturated heterocycles. The lowest BCUT2D eigenvalue weighted by atomic mass is 10.1. The van der Waals surface area contributed by atoms with E-state index in [1.807, 2.05) is 6.92 Å². The van der Waals surface area contributed by atoms with E-state index in [4.69, 9.17) is 6.42 Å². The molecule has 0 aromatic carbocycles. The molecule has 2 rings (SSSR count). The van der Waals surface area contributed by atoms with Gasteiger partial charge in [-0.05, 0) is 19.3 Å². The van der Waals surface area contributed by atoms with E-state index in [0.29, 0.717) is 6.42 Å². The van der Waals surface area contributed by atoms with Crippen molar-refractivity contribution in [3.05, 3.63) is 0 Å². The number of piperazine rings is 1. The van der Waals surface area contributed by atoms with Crippen molar-refractivity contribution in [1.29, 1.82) is 0 Å². The summed E-state index contributed by atoms with van der Waals surface area (Å²) >= 11 is 0. The fourth-order valence-electron chi connectivity index (χ4n) is 2.52. The molecule has 2 atom stereocenters. The van der Waals surface area contributed by atoms with Crippen molar-refractivity contribution < 1.29 is 9.59 Å². The van der Waals surface area contributed by atoms with E-state index < -0.39 is 0 Å². The average Bonchev–Trinajstić information content (AvgIpc) is 2.76. The van der Waals surface area contributed by atoms with E-state index in [2.05, 4.69) is 5.92 Å². The molecule has 4 nitrogen and oxygen atoms in total. The SMILES string of the molecule is C#CC(CC)N1CC(=O)N2CCCC2C1=O. The molecular weight excluding hydrogens is 204 g/mol. The van der Waals surface area contributed by atoms with Gasteiger partial charge < -0.3 is 9.80 Å². The molecule has 2 amide bonds. The number of carbonyl (C=O) groups is 2. The van der Waals surface area contributed by atoms with Gasteiger partial charge in [0, 0.05) is 6.54 Å². The summed E-state index contributed by atoms with van der Waals surface area (Å²) in [5, 5.41) is 0. The summed E-state index contributed by atoms with van der Waals surface area (Å²) in [4.78, 5) is 27.2. The minimum atomic E-state index is -0.247. The zero-order valence-corrected chi connectivity index (χ0v) is 9.48. The fourth-order valence-corrected chi connectivity index (χ4v) is 2.52. The van der Waals surface area contributed by atoms with Crippen LogP contribution in [0.2, 0.25) is 0 Å². The Bertz CT molecular complexity index is 359. The molecule has 0 aromatic heterocycles. The van der Waals surface area contributed by atoms with Gasteiger partial charge in [-0.25, -0.2) is 0 Å². The summed E-state index contributed by atoms with van der Waals surface area (Å²) in [5.41, 5.74) is 0. The van der Waals surface area contributed by atoms with Gasteiger partial charge in [0.15, 0.2) is 0 Å². The second-order valence-electron chi connectivity index (χ2n) is 4.30. The maximum atomic E-state index is 12.1. The molecule has 2 aliphatic heterocycles. The molecule has 2 unspecified atom stereocenters. The van der Waals surface area contributed by atoms with E-state index >= 15 is 0 Å². The van der Waals surface area contributed by atoms with Gasteiger partial charge in [0.05, 0.1) is 6.04 Å². The lowest BCUT2D eigenvalue weighted by Gasteiger charge is -2.38. The zero-order chi connectivity index (χ0) is 11.7. The first-order chi connectivity index (χ1) is 7.69. The van der Waals surface area contributed by atoms with Crippen molar-refractivity contribution in [1.82, 2.24) is 9.80 Å². The highest BCUT2D eigenvalue weighted by Crippen LogP contribution is 2.25. The largest absolute Gasteiger partial charge is 0.329 e. The number of rotatable bonds is 2. The number of nitrogens with zero attached hydrogens (tertiary/aromatic N) is 2. The summed E-state index contributed by atoms with van der Waals surface area (Å²) < 4.78 is 0. The van der Waals surface area contributed by atoms with Crippen LogP contribution in [0.1, 0.15) is 26.2 Å². The zero-order valence-electron chi connectivity index (χ0n) is 9.48. The Hall–Kier alpha value is -1.50. The molecule has 0 aliphatic carbocycles.